The molecule has 2 fully saturated rings. The summed E-state index contributed by atoms with van der Waals surface area (Å²) in [6.07, 6.45) is 4.07. The van der Waals surface area contributed by atoms with E-state index in [0.717, 1.165) is 32.4 Å². The van der Waals surface area contributed by atoms with Crippen molar-refractivity contribution in [1.29, 1.82) is 0 Å². The van der Waals surface area contributed by atoms with Gasteiger partial charge in [0.2, 0.25) is 0 Å². The van der Waals surface area contributed by atoms with E-state index in [1.54, 1.807) is 0 Å². The van der Waals surface area contributed by atoms with Gasteiger partial charge in [0.15, 0.2) is 0 Å². The molecule has 3 aliphatic heterocycles. The van der Waals surface area contributed by atoms with Crippen LogP contribution >= 0.6 is 11.3 Å². The molecule has 1 aromatic heterocycles. The predicted octanol–water partition coefficient (Wildman–Crippen LogP) is 2.79. The zero-order valence-electron chi connectivity index (χ0n) is 15.2. The topological polar surface area (TPSA) is 53.0 Å². The second kappa shape index (κ2) is 6.65. The van der Waals surface area contributed by atoms with E-state index in [-0.39, 0.29) is 5.60 Å². The van der Waals surface area contributed by atoms with Gasteiger partial charge in [0, 0.05) is 43.1 Å². The molecule has 0 aromatic carbocycles. The number of aromatic carboxylic acids is 1. The van der Waals surface area contributed by atoms with Crippen LogP contribution in [0.4, 0.5) is 0 Å². The molecule has 0 aliphatic carbocycles. The minimum absolute atomic E-state index is 0.237. The van der Waals surface area contributed by atoms with Gasteiger partial charge in [-0.1, -0.05) is 0 Å². The Balaban J connectivity index is 1.46. The molecule has 0 saturated carbocycles. The monoisotopic (exact) mass is 364 g/mol. The molecule has 2 saturated heterocycles. The smallest absolute Gasteiger partial charge is 0.345 e. The summed E-state index contributed by atoms with van der Waals surface area (Å²) in [5.41, 5.74) is 0.965. The number of rotatable bonds is 3. The molecule has 4 heterocycles. The molecule has 0 amide bonds. The molecular formula is C19H28N2O3S. The van der Waals surface area contributed by atoms with Crippen LogP contribution in [0.2, 0.25) is 0 Å². The normalized spacial score (nSPS) is 27.1. The first-order valence-electron chi connectivity index (χ1n) is 9.47. The van der Waals surface area contributed by atoms with Crippen molar-refractivity contribution in [2.75, 3.05) is 32.8 Å². The molecule has 3 aliphatic rings. The van der Waals surface area contributed by atoms with Crippen LogP contribution in [-0.4, -0.2) is 65.7 Å². The molecule has 1 spiro atoms. The lowest BCUT2D eigenvalue weighted by atomic mass is 9.84. The van der Waals surface area contributed by atoms with Gasteiger partial charge in [-0.25, -0.2) is 4.79 Å². The van der Waals surface area contributed by atoms with Crippen LogP contribution in [0.5, 0.6) is 0 Å². The standard InChI is InChI=1S/C19H28N2O3S/c1-13(2)21-7-3-15(12-21)20-8-5-19(6-9-20)17-14(4-10-24-19)11-16(25-17)18(22)23/h11,13,15H,3-10,12H2,1-2H3,(H,22,23). The van der Waals surface area contributed by atoms with Crippen LogP contribution in [0.25, 0.3) is 0 Å². The molecule has 1 atom stereocenters. The highest BCUT2D eigenvalue weighted by Gasteiger charge is 2.44. The molecular weight excluding hydrogens is 336 g/mol. The molecule has 5 nitrogen and oxygen atoms in total. The number of hydrogen-bond acceptors (Lipinski definition) is 5. The maximum absolute atomic E-state index is 11.4. The SMILES string of the molecule is CC(C)N1CCC(N2CCC3(CC2)OCCc2cc(C(=O)O)sc23)C1. The van der Waals surface area contributed by atoms with E-state index >= 15 is 0 Å². The fourth-order valence-corrected chi connectivity index (χ4v) is 5.93. The molecule has 138 valence electrons. The second-order valence-electron chi connectivity index (χ2n) is 7.93. The largest absolute Gasteiger partial charge is 0.477 e. The minimum Gasteiger partial charge on any atom is -0.477 e. The van der Waals surface area contributed by atoms with Crippen molar-refractivity contribution in [3.8, 4) is 0 Å². The number of nitrogens with zero attached hydrogens (tertiary/aromatic N) is 2. The van der Waals surface area contributed by atoms with E-state index in [0.29, 0.717) is 23.6 Å². The highest BCUT2D eigenvalue weighted by atomic mass is 32.1. The summed E-state index contributed by atoms with van der Waals surface area (Å²) in [6, 6.07) is 3.17. The van der Waals surface area contributed by atoms with Crippen LogP contribution in [0, 0.1) is 0 Å². The average Bonchev–Trinajstić information content (AvgIpc) is 3.23. The third kappa shape index (κ3) is 3.14. The number of carbonyl (C=O) groups is 1. The molecule has 4 rings (SSSR count). The third-order valence-corrected chi connectivity index (χ3v) is 7.58. The zero-order valence-corrected chi connectivity index (χ0v) is 16.0. The first-order valence-corrected chi connectivity index (χ1v) is 10.3. The van der Waals surface area contributed by atoms with E-state index in [1.807, 2.05) is 6.07 Å². The van der Waals surface area contributed by atoms with Crippen molar-refractivity contribution in [2.45, 2.75) is 57.2 Å². The first-order chi connectivity index (χ1) is 12.0. The Hall–Kier alpha value is -0.950. The Morgan fingerprint density at radius 3 is 2.76 bits per heavy atom. The molecule has 0 bridgehead atoms. The summed E-state index contributed by atoms with van der Waals surface area (Å²) >= 11 is 1.44. The van der Waals surface area contributed by atoms with Crippen molar-refractivity contribution in [2.24, 2.45) is 0 Å². The Morgan fingerprint density at radius 1 is 1.36 bits per heavy atom. The van der Waals surface area contributed by atoms with Crippen LogP contribution in [0.15, 0.2) is 6.07 Å². The second-order valence-corrected chi connectivity index (χ2v) is 8.98. The maximum atomic E-state index is 11.4. The number of ether oxygens (including phenoxy) is 1. The van der Waals surface area contributed by atoms with Gasteiger partial charge < -0.3 is 9.84 Å². The predicted molar refractivity (Wildman–Crippen MR) is 98.5 cm³/mol. The van der Waals surface area contributed by atoms with Crippen molar-refractivity contribution in [1.82, 2.24) is 9.80 Å². The van der Waals surface area contributed by atoms with Gasteiger partial charge >= 0.3 is 5.97 Å². The van der Waals surface area contributed by atoms with Crippen LogP contribution in [0.3, 0.4) is 0 Å². The summed E-state index contributed by atoms with van der Waals surface area (Å²) < 4.78 is 6.28. The maximum Gasteiger partial charge on any atom is 0.345 e. The lowest BCUT2D eigenvalue weighted by molar-refractivity contribution is -0.0994. The summed E-state index contributed by atoms with van der Waals surface area (Å²) in [5, 5.41) is 9.33. The number of piperidine rings is 1. The minimum atomic E-state index is -0.813. The van der Waals surface area contributed by atoms with Gasteiger partial charge in [-0.05, 0) is 51.2 Å². The van der Waals surface area contributed by atoms with Crippen molar-refractivity contribution in [3.05, 3.63) is 21.4 Å². The van der Waals surface area contributed by atoms with E-state index in [9.17, 15) is 9.90 Å². The number of likely N-dealkylation sites (tertiary alicyclic amines) is 2. The highest BCUT2D eigenvalue weighted by molar-refractivity contribution is 7.14. The van der Waals surface area contributed by atoms with Gasteiger partial charge in [-0.15, -0.1) is 11.3 Å². The Labute approximate surface area is 153 Å². The summed E-state index contributed by atoms with van der Waals surface area (Å²) in [6.45, 7) is 9.76. The van der Waals surface area contributed by atoms with Gasteiger partial charge in [-0.3, -0.25) is 9.80 Å². The summed E-state index contributed by atoms with van der Waals surface area (Å²) in [5.74, 6) is -0.813. The number of fused-ring (bicyclic) bond motifs is 2. The first kappa shape index (κ1) is 17.5. The van der Waals surface area contributed by atoms with Gasteiger partial charge in [0.1, 0.15) is 10.5 Å². The number of hydrogen-bond donors (Lipinski definition) is 1. The lowest BCUT2D eigenvalue weighted by Crippen LogP contribution is -2.50. The van der Waals surface area contributed by atoms with E-state index < -0.39 is 5.97 Å². The average molecular weight is 365 g/mol. The number of carboxylic acid groups (broad SMARTS) is 1. The van der Waals surface area contributed by atoms with Crippen LogP contribution in [0.1, 0.15) is 53.2 Å². The van der Waals surface area contributed by atoms with E-state index in [4.69, 9.17) is 4.74 Å². The quantitative estimate of drug-likeness (QED) is 0.894. The molecule has 1 unspecified atom stereocenters. The Morgan fingerprint density at radius 2 is 2.12 bits per heavy atom. The van der Waals surface area contributed by atoms with Crippen LogP contribution in [-0.2, 0) is 16.8 Å². The molecule has 1 N–H and O–H groups in total. The van der Waals surface area contributed by atoms with Crippen molar-refractivity contribution in [3.63, 3.8) is 0 Å². The van der Waals surface area contributed by atoms with Gasteiger partial charge in [0.25, 0.3) is 0 Å². The fraction of sp³-hybridized carbons (Fsp3) is 0.737. The van der Waals surface area contributed by atoms with E-state index in [2.05, 4.69) is 23.6 Å². The van der Waals surface area contributed by atoms with E-state index in [1.165, 1.54) is 41.3 Å². The Kier molecular flexibility index (Phi) is 4.65. The number of carboxylic acids is 1. The molecule has 6 heteroatoms. The highest BCUT2D eigenvalue weighted by Crippen LogP contribution is 2.46. The molecule has 1 aromatic rings. The molecule has 0 radical (unpaired) electrons. The Bertz CT molecular complexity index is 649. The molecule has 25 heavy (non-hydrogen) atoms. The zero-order chi connectivity index (χ0) is 17.6. The van der Waals surface area contributed by atoms with Gasteiger partial charge in [0.05, 0.1) is 6.61 Å². The summed E-state index contributed by atoms with van der Waals surface area (Å²) in [7, 11) is 0. The third-order valence-electron chi connectivity index (χ3n) is 6.23. The van der Waals surface area contributed by atoms with Crippen LogP contribution < -0.4 is 0 Å². The number of thiophene rings is 1. The van der Waals surface area contributed by atoms with Gasteiger partial charge in [-0.2, -0.15) is 0 Å². The lowest BCUT2D eigenvalue weighted by Gasteiger charge is -2.45. The van der Waals surface area contributed by atoms with Crippen molar-refractivity contribution >= 4 is 17.3 Å². The van der Waals surface area contributed by atoms with Crippen molar-refractivity contribution < 1.29 is 14.6 Å². The summed E-state index contributed by atoms with van der Waals surface area (Å²) in [4.78, 5) is 18.2. The fourth-order valence-electron chi connectivity index (χ4n) is 4.68.